The van der Waals surface area contributed by atoms with Gasteiger partial charge in [0.2, 0.25) is 0 Å². The fraction of sp³-hybridized carbons (Fsp3) is 1.00. The largest absolute Gasteiger partial charge is 0.394 e. The lowest BCUT2D eigenvalue weighted by molar-refractivity contribution is -0.381. The molecule has 3 saturated heterocycles. The van der Waals surface area contributed by atoms with E-state index in [9.17, 15) is 46.0 Å². The molecule has 3 heterocycles. The van der Waals surface area contributed by atoms with Crippen molar-refractivity contribution >= 4 is 0 Å². The molecule has 0 saturated carbocycles. The quantitative estimate of drug-likeness (QED) is 0.110. The highest BCUT2D eigenvalue weighted by atomic mass is 16.8. The number of hydrogen-bond donors (Lipinski definition) is 9. The molecule has 236 valence electrons. The highest BCUT2D eigenvalue weighted by Crippen LogP contribution is 2.33. The maximum absolute atomic E-state index is 10.9. The van der Waals surface area contributed by atoms with Gasteiger partial charge in [-0.1, -0.05) is 0 Å². The van der Waals surface area contributed by atoms with E-state index in [-0.39, 0.29) is 12.2 Å². The normalized spacial score (nSPS) is 46.7. The lowest BCUT2D eigenvalue weighted by Crippen LogP contribution is -2.67. The van der Waals surface area contributed by atoms with Crippen LogP contribution in [-0.4, -0.2) is 170 Å². The van der Waals surface area contributed by atoms with Gasteiger partial charge >= 0.3 is 0 Å². The Morgan fingerprint density at radius 3 is 1.18 bits per heavy atom. The van der Waals surface area contributed by atoms with Crippen LogP contribution < -0.4 is 0 Å². The van der Waals surface area contributed by atoms with Gasteiger partial charge in [0.25, 0.3) is 0 Å². The summed E-state index contributed by atoms with van der Waals surface area (Å²) in [6, 6.07) is 0. The molecule has 6 unspecified atom stereocenters. The molecule has 9 N–H and O–H groups in total. The minimum atomic E-state index is -1.86. The molecule has 0 bridgehead atoms. The van der Waals surface area contributed by atoms with Gasteiger partial charge in [-0.15, -0.1) is 0 Å². The molecule has 0 aromatic heterocycles. The van der Waals surface area contributed by atoms with Crippen LogP contribution in [0.25, 0.3) is 0 Å². The van der Waals surface area contributed by atoms with Crippen LogP contribution in [-0.2, 0) is 33.2 Å². The van der Waals surface area contributed by atoms with E-state index in [1.54, 1.807) is 27.7 Å². The molecule has 16 heteroatoms. The minimum Gasteiger partial charge on any atom is -0.394 e. The Kier molecular flexibility index (Phi) is 12.4. The van der Waals surface area contributed by atoms with Crippen molar-refractivity contribution in [2.24, 2.45) is 0 Å². The van der Waals surface area contributed by atoms with Crippen molar-refractivity contribution < 1.29 is 79.1 Å². The van der Waals surface area contributed by atoms with Crippen molar-refractivity contribution in [1.29, 1.82) is 0 Å². The van der Waals surface area contributed by atoms with Crippen LogP contribution in [0, 0.1) is 0 Å². The van der Waals surface area contributed by atoms with E-state index >= 15 is 0 Å². The number of aliphatic hydroxyl groups excluding tert-OH is 9. The highest BCUT2D eigenvalue weighted by molar-refractivity contribution is 4.96. The molecular weight excluding hydrogens is 544 g/mol. The van der Waals surface area contributed by atoms with Gasteiger partial charge in [0.15, 0.2) is 18.9 Å². The monoisotopic (exact) mass is 588 g/mol. The van der Waals surface area contributed by atoms with E-state index < -0.39 is 112 Å². The molecular formula is C24H44O16. The van der Waals surface area contributed by atoms with Gasteiger partial charge in [-0.3, -0.25) is 0 Å². The van der Waals surface area contributed by atoms with Crippen LogP contribution in [0.5, 0.6) is 0 Å². The summed E-state index contributed by atoms with van der Waals surface area (Å²) in [5.41, 5.74) is 0. The summed E-state index contributed by atoms with van der Waals surface area (Å²) in [6.45, 7) is 4.70. The van der Waals surface area contributed by atoms with E-state index in [2.05, 4.69) is 0 Å². The number of rotatable bonds is 11. The van der Waals surface area contributed by atoms with Gasteiger partial charge < -0.3 is 79.1 Å². The standard InChI is InChI=1S/C24H44O16/c1-8(2)34-19-10(5-25)37-23(17(32)13(19)28)40-21-12(7-27)38-24(18(33)15(21)30)39-20-11(6-26)36-22(35-9(3)4)16(31)14(20)29/h8-33H,5-7H2,1-4H3/t10?,11?,12?,13-,14-,15-,16?,17?,18?,19-,20-,21-,22+,23-,24-/m1/s1. The summed E-state index contributed by atoms with van der Waals surface area (Å²) in [5, 5.41) is 93.4. The van der Waals surface area contributed by atoms with Gasteiger partial charge in [0.05, 0.1) is 32.0 Å². The van der Waals surface area contributed by atoms with Crippen LogP contribution >= 0.6 is 0 Å². The summed E-state index contributed by atoms with van der Waals surface area (Å²) in [4.78, 5) is 0. The van der Waals surface area contributed by atoms with Gasteiger partial charge in [0, 0.05) is 0 Å². The molecule has 3 aliphatic heterocycles. The molecule has 0 spiro atoms. The second-order valence-corrected chi connectivity index (χ2v) is 10.7. The van der Waals surface area contributed by atoms with E-state index in [1.165, 1.54) is 0 Å². The first-order chi connectivity index (χ1) is 18.8. The third-order valence-corrected chi connectivity index (χ3v) is 6.88. The maximum atomic E-state index is 10.9. The average Bonchev–Trinajstić information content (AvgIpc) is 2.91. The molecule has 0 aromatic carbocycles. The summed E-state index contributed by atoms with van der Waals surface area (Å²) < 4.78 is 38.9. The molecule has 0 radical (unpaired) electrons. The lowest BCUT2D eigenvalue weighted by atomic mass is 9.96. The van der Waals surface area contributed by atoms with Crippen molar-refractivity contribution in [3.05, 3.63) is 0 Å². The average molecular weight is 589 g/mol. The van der Waals surface area contributed by atoms with Crippen LogP contribution in [0.15, 0.2) is 0 Å². The Balaban J connectivity index is 1.71. The van der Waals surface area contributed by atoms with Crippen LogP contribution in [0.3, 0.4) is 0 Å². The molecule has 0 amide bonds. The molecule has 15 atom stereocenters. The predicted molar refractivity (Wildman–Crippen MR) is 129 cm³/mol. The van der Waals surface area contributed by atoms with Crippen LogP contribution in [0.2, 0.25) is 0 Å². The third-order valence-electron chi connectivity index (χ3n) is 6.88. The Labute approximate surface area is 231 Å². The van der Waals surface area contributed by atoms with Crippen LogP contribution in [0.4, 0.5) is 0 Å². The fourth-order valence-corrected chi connectivity index (χ4v) is 4.89. The second kappa shape index (κ2) is 14.7. The zero-order valence-electron chi connectivity index (χ0n) is 22.8. The summed E-state index contributed by atoms with van der Waals surface area (Å²) >= 11 is 0. The first-order valence-electron chi connectivity index (χ1n) is 13.3. The second-order valence-electron chi connectivity index (χ2n) is 10.7. The molecule has 40 heavy (non-hydrogen) atoms. The first kappa shape index (κ1) is 33.9. The van der Waals surface area contributed by atoms with Gasteiger partial charge in [-0.2, -0.15) is 0 Å². The van der Waals surface area contributed by atoms with Gasteiger partial charge in [-0.25, -0.2) is 0 Å². The van der Waals surface area contributed by atoms with Crippen molar-refractivity contribution in [1.82, 2.24) is 0 Å². The predicted octanol–water partition coefficient (Wildman–Crippen LogP) is -4.71. The van der Waals surface area contributed by atoms with E-state index in [4.69, 9.17) is 33.2 Å². The van der Waals surface area contributed by atoms with E-state index in [0.29, 0.717) is 0 Å². The highest BCUT2D eigenvalue weighted by Gasteiger charge is 2.54. The smallest absolute Gasteiger partial charge is 0.187 e. The summed E-state index contributed by atoms with van der Waals surface area (Å²) in [6.07, 6.45) is -23.3. The van der Waals surface area contributed by atoms with Crippen molar-refractivity contribution in [3.8, 4) is 0 Å². The molecule has 0 aromatic rings. The topological polar surface area (TPSA) is 247 Å². The fourth-order valence-electron chi connectivity index (χ4n) is 4.89. The Bertz CT molecular complexity index is 752. The molecule has 16 nitrogen and oxygen atoms in total. The zero-order valence-corrected chi connectivity index (χ0v) is 22.8. The SMILES string of the molecule is CC(C)O[C@H]1OC(CO)[C@@H](O[C@H]2OC(CO)[C@@H](O[C@H]3OC(CO)[C@@H](OC(C)C)[C@H](O)C3O)[C@H](O)C2O)[C@H](O)C1O. The summed E-state index contributed by atoms with van der Waals surface area (Å²) in [5.74, 6) is 0. The van der Waals surface area contributed by atoms with Crippen molar-refractivity contribution in [3.63, 3.8) is 0 Å². The zero-order chi connectivity index (χ0) is 29.9. The van der Waals surface area contributed by atoms with Crippen molar-refractivity contribution in [2.75, 3.05) is 19.8 Å². The van der Waals surface area contributed by atoms with Crippen LogP contribution in [0.1, 0.15) is 27.7 Å². The van der Waals surface area contributed by atoms with Gasteiger partial charge in [-0.05, 0) is 27.7 Å². The number of hydrogen-bond acceptors (Lipinski definition) is 16. The number of aliphatic hydroxyl groups is 9. The number of ether oxygens (including phenoxy) is 7. The van der Waals surface area contributed by atoms with Crippen molar-refractivity contribution in [2.45, 2.75) is 132 Å². The Morgan fingerprint density at radius 1 is 0.475 bits per heavy atom. The minimum absolute atomic E-state index is 0.366. The third kappa shape index (κ3) is 7.46. The molecule has 3 rings (SSSR count). The Morgan fingerprint density at radius 2 is 0.800 bits per heavy atom. The van der Waals surface area contributed by atoms with Gasteiger partial charge in [0.1, 0.15) is 73.2 Å². The molecule has 3 fully saturated rings. The first-order valence-corrected chi connectivity index (χ1v) is 13.3. The summed E-state index contributed by atoms with van der Waals surface area (Å²) in [7, 11) is 0. The van der Waals surface area contributed by atoms with E-state index in [1.807, 2.05) is 0 Å². The molecule has 3 aliphatic rings. The van der Waals surface area contributed by atoms with E-state index in [0.717, 1.165) is 0 Å². The lowest BCUT2D eigenvalue weighted by Gasteiger charge is -2.48. The Hall–Kier alpha value is -0.640. The molecule has 0 aliphatic carbocycles. The maximum Gasteiger partial charge on any atom is 0.187 e.